The highest BCUT2D eigenvalue weighted by Crippen LogP contribution is 2.30. The van der Waals surface area contributed by atoms with Crippen LogP contribution in [0.1, 0.15) is 31.2 Å². The van der Waals surface area contributed by atoms with Crippen LogP contribution in [0.3, 0.4) is 0 Å². The predicted octanol–water partition coefficient (Wildman–Crippen LogP) is 3.66. The minimum absolute atomic E-state index is 0.508. The topological polar surface area (TPSA) is 36.4 Å². The van der Waals surface area contributed by atoms with Crippen molar-refractivity contribution in [2.75, 3.05) is 11.4 Å². The van der Waals surface area contributed by atoms with Gasteiger partial charge < -0.3 is 10.0 Å². The van der Waals surface area contributed by atoms with Gasteiger partial charge in [-0.25, -0.2) is 4.98 Å². The lowest BCUT2D eigenvalue weighted by molar-refractivity contribution is 0.195. The summed E-state index contributed by atoms with van der Waals surface area (Å²) in [6.07, 6.45) is -0.508. The van der Waals surface area contributed by atoms with Crippen molar-refractivity contribution in [1.82, 2.24) is 4.98 Å². The smallest absolute Gasteiger partial charge is 0.190 e. The van der Waals surface area contributed by atoms with Gasteiger partial charge >= 0.3 is 0 Å². The number of rotatable bonds is 4. The van der Waals surface area contributed by atoms with Crippen LogP contribution in [0.2, 0.25) is 0 Å². The highest BCUT2D eigenvalue weighted by Gasteiger charge is 2.13. The molecule has 0 saturated heterocycles. The molecule has 2 rings (SSSR count). The van der Waals surface area contributed by atoms with Gasteiger partial charge in [-0.05, 0) is 32.9 Å². The molecule has 0 spiro atoms. The summed E-state index contributed by atoms with van der Waals surface area (Å²) in [5.41, 5.74) is 3.12. The van der Waals surface area contributed by atoms with Crippen molar-refractivity contribution >= 4 is 22.2 Å². The average Bonchev–Trinajstić information content (AvgIpc) is 2.82. The third-order valence-electron chi connectivity index (χ3n) is 2.83. The van der Waals surface area contributed by atoms with E-state index in [1.807, 2.05) is 5.38 Å². The van der Waals surface area contributed by atoms with Gasteiger partial charge in [-0.2, -0.15) is 0 Å². The predicted molar refractivity (Wildman–Crippen MR) is 76.6 cm³/mol. The first-order valence-electron chi connectivity index (χ1n) is 6.09. The van der Waals surface area contributed by atoms with Crippen molar-refractivity contribution in [3.05, 3.63) is 40.9 Å². The molecule has 0 bridgehead atoms. The molecule has 1 aromatic carbocycles. The lowest BCUT2D eigenvalue weighted by Gasteiger charge is -2.20. The molecule has 3 nitrogen and oxygen atoms in total. The minimum Gasteiger partial charge on any atom is -0.387 e. The summed E-state index contributed by atoms with van der Waals surface area (Å²) in [6, 6.07) is 8.40. The molecule has 1 aromatic heterocycles. The van der Waals surface area contributed by atoms with Crippen LogP contribution < -0.4 is 4.90 Å². The molecular formula is C14H18N2OS. The first-order chi connectivity index (χ1) is 8.61. The molecule has 1 heterocycles. The molecule has 0 aliphatic carbocycles. The lowest BCUT2D eigenvalue weighted by atomic mass is 10.2. The van der Waals surface area contributed by atoms with E-state index in [9.17, 15) is 5.11 Å². The van der Waals surface area contributed by atoms with Crippen molar-refractivity contribution < 1.29 is 5.11 Å². The van der Waals surface area contributed by atoms with Gasteiger partial charge in [-0.15, -0.1) is 11.3 Å². The summed E-state index contributed by atoms with van der Waals surface area (Å²) in [5, 5.41) is 12.4. The monoisotopic (exact) mass is 262 g/mol. The van der Waals surface area contributed by atoms with Crippen molar-refractivity contribution in [3.8, 4) is 0 Å². The first-order valence-corrected chi connectivity index (χ1v) is 6.97. The van der Waals surface area contributed by atoms with E-state index in [1.54, 1.807) is 18.3 Å². The first kappa shape index (κ1) is 13.1. The number of anilines is 2. The summed E-state index contributed by atoms with van der Waals surface area (Å²) in [4.78, 5) is 6.62. The SMILES string of the molecule is CCN(c1ccc(C)cc1)c1nc(C(C)O)cs1. The molecule has 1 atom stereocenters. The van der Waals surface area contributed by atoms with E-state index in [0.29, 0.717) is 0 Å². The van der Waals surface area contributed by atoms with Crippen molar-refractivity contribution in [2.45, 2.75) is 26.9 Å². The van der Waals surface area contributed by atoms with Gasteiger partial charge in [0.15, 0.2) is 5.13 Å². The van der Waals surface area contributed by atoms with Gasteiger partial charge in [0, 0.05) is 17.6 Å². The van der Waals surface area contributed by atoms with E-state index in [2.05, 4.69) is 48.0 Å². The van der Waals surface area contributed by atoms with Crippen molar-refractivity contribution in [2.24, 2.45) is 0 Å². The number of aryl methyl sites for hydroxylation is 1. The van der Waals surface area contributed by atoms with E-state index >= 15 is 0 Å². The molecule has 96 valence electrons. The van der Waals surface area contributed by atoms with E-state index in [-0.39, 0.29) is 0 Å². The zero-order chi connectivity index (χ0) is 13.1. The fourth-order valence-corrected chi connectivity index (χ4v) is 2.74. The maximum Gasteiger partial charge on any atom is 0.190 e. The molecule has 0 aliphatic heterocycles. The Labute approximate surface area is 112 Å². The van der Waals surface area contributed by atoms with Gasteiger partial charge in [0.1, 0.15) is 0 Å². The summed E-state index contributed by atoms with van der Waals surface area (Å²) in [6.45, 7) is 6.77. The fraction of sp³-hybridized carbons (Fsp3) is 0.357. The lowest BCUT2D eigenvalue weighted by Crippen LogP contribution is -2.15. The number of aromatic nitrogens is 1. The van der Waals surface area contributed by atoms with E-state index in [0.717, 1.165) is 23.1 Å². The normalized spacial score (nSPS) is 12.4. The molecule has 0 aliphatic rings. The second-order valence-corrected chi connectivity index (χ2v) is 5.15. The summed E-state index contributed by atoms with van der Waals surface area (Å²) in [5.74, 6) is 0. The van der Waals surface area contributed by atoms with Crippen LogP contribution in [0.25, 0.3) is 0 Å². The minimum atomic E-state index is -0.508. The van der Waals surface area contributed by atoms with Crippen molar-refractivity contribution in [1.29, 1.82) is 0 Å². The Morgan fingerprint density at radius 1 is 1.33 bits per heavy atom. The molecule has 1 unspecified atom stereocenters. The third kappa shape index (κ3) is 2.71. The van der Waals surface area contributed by atoms with Crippen LogP contribution in [0.5, 0.6) is 0 Å². The van der Waals surface area contributed by atoms with Gasteiger partial charge in [-0.1, -0.05) is 17.7 Å². The molecular weight excluding hydrogens is 244 g/mol. The summed E-state index contributed by atoms with van der Waals surface area (Å²) in [7, 11) is 0. The van der Waals surface area contributed by atoms with Gasteiger partial charge in [-0.3, -0.25) is 0 Å². The number of thiazole rings is 1. The van der Waals surface area contributed by atoms with Crippen LogP contribution in [0, 0.1) is 6.92 Å². The fourth-order valence-electron chi connectivity index (χ4n) is 1.75. The maximum atomic E-state index is 9.52. The Hall–Kier alpha value is -1.39. The van der Waals surface area contributed by atoms with Crippen LogP contribution in [-0.4, -0.2) is 16.6 Å². The number of benzene rings is 1. The Bertz CT molecular complexity index is 505. The van der Waals surface area contributed by atoms with Gasteiger partial charge in [0.25, 0.3) is 0 Å². The second kappa shape index (κ2) is 5.50. The van der Waals surface area contributed by atoms with E-state index in [4.69, 9.17) is 0 Å². The molecule has 0 radical (unpaired) electrons. The second-order valence-electron chi connectivity index (χ2n) is 4.31. The Kier molecular flexibility index (Phi) is 3.99. The number of aliphatic hydroxyl groups excluding tert-OH is 1. The molecule has 1 N–H and O–H groups in total. The Morgan fingerprint density at radius 3 is 2.50 bits per heavy atom. The van der Waals surface area contributed by atoms with Gasteiger partial charge in [0.2, 0.25) is 0 Å². The van der Waals surface area contributed by atoms with Crippen molar-refractivity contribution in [3.63, 3.8) is 0 Å². The molecule has 2 aromatic rings. The zero-order valence-corrected chi connectivity index (χ0v) is 11.7. The maximum absolute atomic E-state index is 9.52. The Balaban J connectivity index is 2.29. The van der Waals surface area contributed by atoms with Crippen LogP contribution in [-0.2, 0) is 0 Å². The molecule has 4 heteroatoms. The zero-order valence-electron chi connectivity index (χ0n) is 10.9. The number of hydrogen-bond donors (Lipinski definition) is 1. The molecule has 0 amide bonds. The number of aliphatic hydroxyl groups is 1. The van der Waals surface area contributed by atoms with E-state index < -0.39 is 6.10 Å². The summed E-state index contributed by atoms with van der Waals surface area (Å²) >= 11 is 1.56. The van der Waals surface area contributed by atoms with Gasteiger partial charge in [0.05, 0.1) is 11.8 Å². The Morgan fingerprint density at radius 2 is 2.00 bits per heavy atom. The highest BCUT2D eigenvalue weighted by atomic mass is 32.1. The largest absolute Gasteiger partial charge is 0.387 e. The average molecular weight is 262 g/mol. The summed E-state index contributed by atoms with van der Waals surface area (Å²) < 4.78 is 0. The third-order valence-corrected chi connectivity index (χ3v) is 3.71. The van der Waals surface area contributed by atoms with Crippen LogP contribution in [0.4, 0.5) is 10.8 Å². The van der Waals surface area contributed by atoms with Crippen LogP contribution >= 0.6 is 11.3 Å². The highest BCUT2D eigenvalue weighted by molar-refractivity contribution is 7.13. The molecule has 0 saturated carbocycles. The number of nitrogens with zero attached hydrogens (tertiary/aromatic N) is 2. The van der Waals surface area contributed by atoms with Crippen LogP contribution in [0.15, 0.2) is 29.6 Å². The standard InChI is InChI=1S/C14H18N2OS/c1-4-16(12-7-5-10(2)6-8-12)14-15-13(9-18-14)11(3)17/h5-9,11,17H,4H2,1-3H3. The quantitative estimate of drug-likeness (QED) is 0.913. The molecule has 0 fully saturated rings. The number of hydrogen-bond acceptors (Lipinski definition) is 4. The molecule has 18 heavy (non-hydrogen) atoms. The van der Waals surface area contributed by atoms with E-state index in [1.165, 1.54) is 5.56 Å².